The van der Waals surface area contributed by atoms with Gasteiger partial charge in [-0.05, 0) is 38.5 Å². The monoisotopic (exact) mass is 277 g/mol. The van der Waals surface area contributed by atoms with Crippen molar-refractivity contribution in [1.82, 2.24) is 10.2 Å². The molecule has 0 spiro atoms. The predicted molar refractivity (Wildman–Crippen MR) is 76.4 cm³/mol. The molecule has 2 N–H and O–H groups in total. The van der Waals surface area contributed by atoms with Crippen LogP contribution < -0.4 is 5.32 Å². The number of aromatic amines is 1. The Morgan fingerprint density at radius 3 is 2.47 bits per heavy atom. The quantitative estimate of drug-likeness (QED) is 0.904. The van der Waals surface area contributed by atoms with Crippen molar-refractivity contribution in [3.05, 3.63) is 46.6 Å². The Bertz CT molecular complexity index is 587. The van der Waals surface area contributed by atoms with E-state index in [0.29, 0.717) is 10.8 Å². The number of H-pyrrole nitrogens is 1. The molecule has 2 rings (SSSR count). The normalized spacial score (nSPS) is 11.4. The van der Waals surface area contributed by atoms with E-state index in [2.05, 4.69) is 15.5 Å². The van der Waals surface area contributed by atoms with E-state index < -0.39 is 5.41 Å². The van der Waals surface area contributed by atoms with Crippen LogP contribution in [0.15, 0.2) is 30.3 Å². The lowest BCUT2D eigenvalue weighted by Gasteiger charge is -2.23. The van der Waals surface area contributed by atoms with Crippen LogP contribution in [0.25, 0.3) is 0 Å². The molecule has 0 bridgehead atoms. The fraction of sp³-hybridized carbons (Fsp3) is 0.286. The summed E-state index contributed by atoms with van der Waals surface area (Å²) >= 11 is 5.86. The third-order valence-corrected chi connectivity index (χ3v) is 3.33. The standard InChI is InChI=1S/C14H16ClN3O/c1-9-8-12(18-17-9)16-13(19)14(2,3)10-4-6-11(15)7-5-10/h4-8H,1-3H3,(H2,16,17,18,19). The molecule has 0 atom stereocenters. The van der Waals surface area contributed by atoms with E-state index in [9.17, 15) is 4.79 Å². The lowest BCUT2D eigenvalue weighted by Crippen LogP contribution is -2.34. The van der Waals surface area contributed by atoms with Crippen molar-refractivity contribution in [2.24, 2.45) is 0 Å². The van der Waals surface area contributed by atoms with Crippen LogP contribution in [0.3, 0.4) is 0 Å². The number of hydrogen-bond donors (Lipinski definition) is 2. The summed E-state index contributed by atoms with van der Waals surface area (Å²) in [5.41, 5.74) is 1.15. The number of hydrogen-bond acceptors (Lipinski definition) is 2. The van der Waals surface area contributed by atoms with E-state index in [4.69, 9.17) is 11.6 Å². The summed E-state index contributed by atoms with van der Waals surface area (Å²) in [6, 6.07) is 9.07. The van der Waals surface area contributed by atoms with Crippen molar-refractivity contribution in [3.8, 4) is 0 Å². The minimum Gasteiger partial charge on any atom is -0.308 e. The molecular weight excluding hydrogens is 262 g/mol. The number of amides is 1. The largest absolute Gasteiger partial charge is 0.308 e. The van der Waals surface area contributed by atoms with Crippen molar-refractivity contribution in [2.75, 3.05) is 5.32 Å². The average Bonchev–Trinajstić information content (AvgIpc) is 2.75. The number of benzene rings is 1. The van der Waals surface area contributed by atoms with Crippen LogP contribution >= 0.6 is 11.6 Å². The first-order chi connectivity index (χ1) is 8.89. The molecule has 0 unspecified atom stereocenters. The maximum Gasteiger partial charge on any atom is 0.235 e. The minimum atomic E-state index is -0.655. The van der Waals surface area contributed by atoms with Gasteiger partial charge in [0.15, 0.2) is 5.82 Å². The first kappa shape index (κ1) is 13.6. The SMILES string of the molecule is Cc1cc(NC(=O)C(C)(C)c2ccc(Cl)cc2)n[nH]1. The van der Waals surface area contributed by atoms with Crippen molar-refractivity contribution < 1.29 is 4.79 Å². The molecule has 1 amide bonds. The summed E-state index contributed by atoms with van der Waals surface area (Å²) in [5, 5.41) is 10.2. The van der Waals surface area contributed by atoms with E-state index in [1.807, 2.05) is 32.9 Å². The Morgan fingerprint density at radius 1 is 1.32 bits per heavy atom. The molecule has 19 heavy (non-hydrogen) atoms. The van der Waals surface area contributed by atoms with Crippen LogP contribution in [0.4, 0.5) is 5.82 Å². The highest BCUT2D eigenvalue weighted by Gasteiger charge is 2.30. The molecule has 2 aromatic rings. The van der Waals surface area contributed by atoms with Gasteiger partial charge in [-0.15, -0.1) is 0 Å². The fourth-order valence-corrected chi connectivity index (χ4v) is 1.88. The topological polar surface area (TPSA) is 57.8 Å². The van der Waals surface area contributed by atoms with Crippen LogP contribution in [0.5, 0.6) is 0 Å². The molecule has 1 aromatic heterocycles. The summed E-state index contributed by atoms with van der Waals surface area (Å²) in [6.45, 7) is 5.61. The molecule has 0 aliphatic heterocycles. The molecule has 0 aliphatic rings. The Morgan fingerprint density at radius 2 is 1.95 bits per heavy atom. The Hall–Kier alpha value is -1.81. The van der Waals surface area contributed by atoms with Gasteiger partial charge in [0.05, 0.1) is 5.41 Å². The number of aromatic nitrogens is 2. The van der Waals surface area contributed by atoms with Gasteiger partial charge in [-0.25, -0.2) is 0 Å². The molecule has 0 fully saturated rings. The van der Waals surface area contributed by atoms with Crippen LogP contribution in [-0.4, -0.2) is 16.1 Å². The van der Waals surface area contributed by atoms with E-state index >= 15 is 0 Å². The Labute approximate surface area is 117 Å². The van der Waals surface area contributed by atoms with Crippen LogP contribution in [0.1, 0.15) is 25.1 Å². The highest BCUT2D eigenvalue weighted by atomic mass is 35.5. The summed E-state index contributed by atoms with van der Waals surface area (Å²) in [7, 11) is 0. The van der Waals surface area contributed by atoms with Gasteiger partial charge >= 0.3 is 0 Å². The lowest BCUT2D eigenvalue weighted by atomic mass is 9.84. The summed E-state index contributed by atoms with van der Waals surface area (Å²) < 4.78 is 0. The number of aryl methyl sites for hydroxylation is 1. The van der Waals surface area contributed by atoms with Crippen LogP contribution in [0.2, 0.25) is 5.02 Å². The maximum absolute atomic E-state index is 12.3. The zero-order valence-electron chi connectivity index (χ0n) is 11.1. The molecule has 0 radical (unpaired) electrons. The van der Waals surface area contributed by atoms with Gasteiger partial charge in [0.2, 0.25) is 5.91 Å². The summed E-state index contributed by atoms with van der Waals surface area (Å²) in [4.78, 5) is 12.3. The van der Waals surface area contributed by atoms with Gasteiger partial charge < -0.3 is 5.32 Å². The molecule has 4 nitrogen and oxygen atoms in total. The van der Waals surface area contributed by atoms with E-state index in [-0.39, 0.29) is 5.91 Å². The maximum atomic E-state index is 12.3. The predicted octanol–water partition coefficient (Wildman–Crippen LogP) is 3.29. The van der Waals surface area contributed by atoms with Crippen molar-refractivity contribution in [3.63, 3.8) is 0 Å². The molecule has 100 valence electrons. The summed E-state index contributed by atoms with van der Waals surface area (Å²) in [5.74, 6) is 0.422. The van der Waals surface area contributed by atoms with Gasteiger partial charge in [-0.3, -0.25) is 9.89 Å². The zero-order valence-corrected chi connectivity index (χ0v) is 11.9. The van der Waals surface area contributed by atoms with Gasteiger partial charge in [-0.1, -0.05) is 23.7 Å². The fourth-order valence-electron chi connectivity index (χ4n) is 1.75. The molecule has 0 aliphatic carbocycles. The van der Waals surface area contributed by atoms with Crippen LogP contribution in [-0.2, 0) is 10.2 Å². The van der Waals surface area contributed by atoms with Gasteiger partial charge in [-0.2, -0.15) is 5.10 Å². The molecule has 5 heteroatoms. The minimum absolute atomic E-state index is 0.110. The molecular formula is C14H16ClN3O. The van der Waals surface area contributed by atoms with Gasteiger partial charge in [0, 0.05) is 16.8 Å². The lowest BCUT2D eigenvalue weighted by molar-refractivity contribution is -0.120. The second-order valence-corrected chi connectivity index (χ2v) is 5.46. The molecule has 0 saturated heterocycles. The first-order valence-corrected chi connectivity index (χ1v) is 6.37. The van der Waals surface area contributed by atoms with Gasteiger partial charge in [0.25, 0.3) is 0 Å². The molecule has 1 heterocycles. The Balaban J connectivity index is 2.19. The molecule has 0 saturated carbocycles. The zero-order chi connectivity index (χ0) is 14.0. The van der Waals surface area contributed by atoms with Crippen molar-refractivity contribution in [1.29, 1.82) is 0 Å². The number of rotatable bonds is 3. The second kappa shape index (κ2) is 5.05. The number of nitrogens with zero attached hydrogens (tertiary/aromatic N) is 1. The first-order valence-electron chi connectivity index (χ1n) is 5.99. The number of carbonyl (C=O) groups is 1. The Kier molecular flexibility index (Phi) is 3.62. The number of anilines is 1. The van der Waals surface area contributed by atoms with Crippen LogP contribution in [0, 0.1) is 6.92 Å². The molecule has 1 aromatic carbocycles. The van der Waals surface area contributed by atoms with Crippen molar-refractivity contribution in [2.45, 2.75) is 26.2 Å². The number of halogens is 1. The number of carbonyl (C=O) groups excluding carboxylic acids is 1. The summed E-state index contributed by atoms with van der Waals surface area (Å²) in [6.07, 6.45) is 0. The van der Waals surface area contributed by atoms with Gasteiger partial charge in [0.1, 0.15) is 0 Å². The highest BCUT2D eigenvalue weighted by molar-refractivity contribution is 6.30. The third-order valence-electron chi connectivity index (χ3n) is 3.08. The van der Waals surface area contributed by atoms with E-state index in [1.165, 1.54) is 0 Å². The second-order valence-electron chi connectivity index (χ2n) is 5.02. The smallest absolute Gasteiger partial charge is 0.235 e. The number of nitrogens with one attached hydrogen (secondary N) is 2. The van der Waals surface area contributed by atoms with Crippen molar-refractivity contribution >= 4 is 23.3 Å². The van der Waals surface area contributed by atoms with E-state index in [0.717, 1.165) is 11.3 Å². The highest BCUT2D eigenvalue weighted by Crippen LogP contribution is 2.26. The third kappa shape index (κ3) is 2.96. The average molecular weight is 278 g/mol. The van der Waals surface area contributed by atoms with E-state index in [1.54, 1.807) is 18.2 Å².